The number of nitrogens with two attached hydrogens (primary N) is 1. The lowest BCUT2D eigenvalue weighted by atomic mass is 9.96. The number of nitrogens with zero attached hydrogens (tertiary/aromatic N) is 1. The predicted molar refractivity (Wildman–Crippen MR) is 114 cm³/mol. The summed E-state index contributed by atoms with van der Waals surface area (Å²) in [4.78, 5) is 63.7. The van der Waals surface area contributed by atoms with E-state index in [2.05, 4.69) is 16.0 Å². The molecule has 4 fully saturated rings. The van der Waals surface area contributed by atoms with Crippen LogP contribution in [0.3, 0.4) is 0 Å². The molecule has 2 aliphatic carbocycles. The van der Waals surface area contributed by atoms with Crippen molar-refractivity contribution in [1.82, 2.24) is 20.9 Å². The summed E-state index contributed by atoms with van der Waals surface area (Å²) >= 11 is 0. The summed E-state index contributed by atoms with van der Waals surface area (Å²) in [5, 5.41) is 7.46. The molecule has 188 valence electrons. The van der Waals surface area contributed by atoms with Gasteiger partial charge >= 0.3 is 6.43 Å². The number of rotatable bonds is 9. The minimum Gasteiger partial charge on any atom is -0.368 e. The van der Waals surface area contributed by atoms with E-state index in [0.29, 0.717) is 25.8 Å². The standard InChI is InChI=1S/C22H31F2N5O5/c1-22(2)11-8-29(21(34)14(9-3-4-9)28-20(33)16(23)24)15(13(11)22)19(32)27-12(17(25)30)7-10-5-6-26-18(10)31/h9-16H,3-8H2,1-2H3,(H2,25,30)(H,26,31)(H,27,32)(H,28,33)/t10-,11-,12-,13-,14-,15-/m0/s1. The lowest BCUT2D eigenvalue weighted by molar-refractivity contribution is -0.145. The quantitative estimate of drug-likeness (QED) is 0.336. The van der Waals surface area contributed by atoms with Crippen LogP contribution in [-0.4, -0.2) is 72.1 Å². The average Bonchev–Trinajstić information content (AvgIpc) is 3.56. The summed E-state index contributed by atoms with van der Waals surface area (Å²) < 4.78 is 25.7. The highest BCUT2D eigenvalue weighted by Crippen LogP contribution is 2.65. The molecule has 0 radical (unpaired) electrons. The van der Waals surface area contributed by atoms with E-state index in [1.807, 2.05) is 13.8 Å². The average molecular weight is 484 g/mol. The van der Waals surface area contributed by atoms with Gasteiger partial charge in [0.2, 0.25) is 23.6 Å². The van der Waals surface area contributed by atoms with E-state index in [0.717, 1.165) is 0 Å². The van der Waals surface area contributed by atoms with Crippen LogP contribution >= 0.6 is 0 Å². The Morgan fingerprint density at radius 1 is 1.18 bits per heavy atom. The highest BCUT2D eigenvalue weighted by molar-refractivity contribution is 5.96. The number of likely N-dealkylation sites (tertiary alicyclic amines) is 1. The monoisotopic (exact) mass is 483 g/mol. The van der Waals surface area contributed by atoms with Crippen LogP contribution in [0, 0.1) is 29.1 Å². The van der Waals surface area contributed by atoms with Gasteiger partial charge in [-0.05, 0) is 48.9 Å². The van der Waals surface area contributed by atoms with E-state index in [1.54, 1.807) is 0 Å². The molecule has 0 aromatic carbocycles. The molecule has 0 aromatic rings. The number of alkyl halides is 2. The third-order valence-electron chi connectivity index (χ3n) is 7.96. The first kappa shape index (κ1) is 24.3. The van der Waals surface area contributed by atoms with E-state index in [1.165, 1.54) is 4.90 Å². The number of fused-ring (bicyclic) bond motifs is 1. The van der Waals surface area contributed by atoms with Crippen molar-refractivity contribution >= 4 is 29.5 Å². The van der Waals surface area contributed by atoms with Gasteiger partial charge in [-0.1, -0.05) is 13.8 Å². The Morgan fingerprint density at radius 3 is 2.38 bits per heavy atom. The number of halogens is 2. The van der Waals surface area contributed by atoms with Gasteiger partial charge in [-0.3, -0.25) is 24.0 Å². The Morgan fingerprint density at radius 2 is 1.85 bits per heavy atom. The number of carbonyl (C=O) groups excluding carboxylic acids is 5. The minimum absolute atomic E-state index is 0.0329. The Kier molecular flexibility index (Phi) is 6.28. The van der Waals surface area contributed by atoms with Gasteiger partial charge in [0, 0.05) is 19.0 Å². The molecule has 4 aliphatic rings. The van der Waals surface area contributed by atoms with Crippen molar-refractivity contribution in [3.8, 4) is 0 Å². The number of amides is 5. The second-order valence-corrected chi connectivity index (χ2v) is 10.5. The maximum absolute atomic E-state index is 13.4. The van der Waals surface area contributed by atoms with E-state index in [4.69, 9.17) is 5.73 Å². The van der Waals surface area contributed by atoms with Crippen LogP contribution in [-0.2, 0) is 24.0 Å². The Bertz CT molecular complexity index is 908. The van der Waals surface area contributed by atoms with Crippen molar-refractivity contribution in [3.63, 3.8) is 0 Å². The molecular formula is C22H31F2N5O5. The Labute approximate surface area is 195 Å². The van der Waals surface area contributed by atoms with Crippen molar-refractivity contribution in [3.05, 3.63) is 0 Å². The molecule has 10 nitrogen and oxygen atoms in total. The van der Waals surface area contributed by atoms with Crippen molar-refractivity contribution in [2.75, 3.05) is 13.1 Å². The molecule has 0 bridgehead atoms. The maximum Gasteiger partial charge on any atom is 0.315 e. The zero-order chi connectivity index (χ0) is 24.9. The highest BCUT2D eigenvalue weighted by atomic mass is 19.3. The molecule has 5 N–H and O–H groups in total. The SMILES string of the molecule is CC1(C)[C@@H]2[C@@H](C(=O)N[C@@H](C[C@@H]3CCNC3=O)C(N)=O)N(C(=O)[C@@H](NC(=O)C(F)F)C3CC3)C[C@@H]21. The van der Waals surface area contributed by atoms with Gasteiger partial charge in [-0.15, -0.1) is 0 Å². The molecular weight excluding hydrogens is 452 g/mol. The summed E-state index contributed by atoms with van der Waals surface area (Å²) in [6.45, 7) is 4.71. The number of nitrogens with one attached hydrogen (secondary N) is 3. The molecule has 4 rings (SSSR count). The van der Waals surface area contributed by atoms with E-state index < -0.39 is 54.1 Å². The van der Waals surface area contributed by atoms with Gasteiger partial charge < -0.3 is 26.6 Å². The topological polar surface area (TPSA) is 151 Å². The van der Waals surface area contributed by atoms with Crippen LogP contribution in [0.25, 0.3) is 0 Å². The van der Waals surface area contributed by atoms with Gasteiger partial charge in [0.15, 0.2) is 0 Å². The molecule has 0 aromatic heterocycles. The minimum atomic E-state index is -3.25. The van der Waals surface area contributed by atoms with Gasteiger partial charge in [0.05, 0.1) is 0 Å². The maximum atomic E-state index is 13.4. The van der Waals surface area contributed by atoms with Gasteiger partial charge in [-0.2, -0.15) is 8.78 Å². The van der Waals surface area contributed by atoms with E-state index in [9.17, 15) is 32.8 Å². The summed E-state index contributed by atoms with van der Waals surface area (Å²) in [6.07, 6.45) is -1.42. The fraction of sp³-hybridized carbons (Fsp3) is 0.773. The number of hydrogen-bond donors (Lipinski definition) is 4. The van der Waals surface area contributed by atoms with Crippen LogP contribution in [0.5, 0.6) is 0 Å². The van der Waals surface area contributed by atoms with Crippen molar-refractivity contribution in [2.45, 2.75) is 64.1 Å². The summed E-state index contributed by atoms with van der Waals surface area (Å²) in [6, 6.07) is -3.13. The first-order chi connectivity index (χ1) is 15.9. The zero-order valence-corrected chi connectivity index (χ0v) is 19.2. The molecule has 2 aliphatic heterocycles. The lowest BCUT2D eigenvalue weighted by Gasteiger charge is -2.34. The fourth-order valence-electron chi connectivity index (χ4n) is 5.68. The molecule has 12 heteroatoms. The second-order valence-electron chi connectivity index (χ2n) is 10.5. The molecule has 2 saturated carbocycles. The molecule has 0 unspecified atom stereocenters. The van der Waals surface area contributed by atoms with E-state index >= 15 is 0 Å². The smallest absolute Gasteiger partial charge is 0.315 e. The Balaban J connectivity index is 1.50. The second kappa shape index (κ2) is 8.77. The molecule has 2 heterocycles. The molecule has 2 saturated heterocycles. The van der Waals surface area contributed by atoms with Crippen LogP contribution in [0.1, 0.15) is 39.5 Å². The molecule has 5 amide bonds. The van der Waals surface area contributed by atoms with Gasteiger partial charge in [-0.25, -0.2) is 0 Å². The predicted octanol–water partition coefficient (Wildman–Crippen LogP) is -0.874. The molecule has 34 heavy (non-hydrogen) atoms. The molecule has 6 atom stereocenters. The third-order valence-corrected chi connectivity index (χ3v) is 7.96. The van der Waals surface area contributed by atoms with Crippen molar-refractivity contribution in [2.24, 2.45) is 34.8 Å². The lowest BCUT2D eigenvalue weighted by Crippen LogP contribution is -2.59. The first-order valence-electron chi connectivity index (χ1n) is 11.7. The van der Waals surface area contributed by atoms with Crippen LogP contribution in [0.2, 0.25) is 0 Å². The first-order valence-corrected chi connectivity index (χ1v) is 11.7. The van der Waals surface area contributed by atoms with Crippen LogP contribution in [0.15, 0.2) is 0 Å². The zero-order valence-electron chi connectivity index (χ0n) is 19.2. The normalized spacial score (nSPS) is 30.9. The highest BCUT2D eigenvalue weighted by Gasteiger charge is 2.70. The Hall–Kier alpha value is -2.79. The number of carbonyl (C=O) groups is 5. The number of piperidine rings is 1. The largest absolute Gasteiger partial charge is 0.368 e. The van der Waals surface area contributed by atoms with Gasteiger partial charge in [0.25, 0.3) is 5.91 Å². The summed E-state index contributed by atoms with van der Waals surface area (Å²) in [7, 11) is 0. The van der Waals surface area contributed by atoms with Crippen molar-refractivity contribution < 1.29 is 32.8 Å². The number of primary amides is 1. The summed E-state index contributed by atoms with van der Waals surface area (Å²) in [5.41, 5.74) is 5.28. The molecule has 0 spiro atoms. The summed E-state index contributed by atoms with van der Waals surface area (Å²) in [5.74, 6) is -4.47. The van der Waals surface area contributed by atoms with Crippen LogP contribution in [0.4, 0.5) is 8.78 Å². The third kappa shape index (κ3) is 4.46. The van der Waals surface area contributed by atoms with Crippen molar-refractivity contribution in [1.29, 1.82) is 0 Å². The van der Waals surface area contributed by atoms with Gasteiger partial charge in [0.1, 0.15) is 18.1 Å². The number of hydrogen-bond acceptors (Lipinski definition) is 5. The van der Waals surface area contributed by atoms with Crippen LogP contribution < -0.4 is 21.7 Å². The van der Waals surface area contributed by atoms with E-state index in [-0.39, 0.29) is 42.0 Å². The fourth-order valence-corrected chi connectivity index (χ4v) is 5.68.